The third-order valence-electron chi connectivity index (χ3n) is 4.40. The van der Waals surface area contributed by atoms with Crippen LogP contribution in [0.2, 0.25) is 0 Å². The van der Waals surface area contributed by atoms with E-state index in [1.165, 1.54) is 11.1 Å². The first-order valence-electron chi connectivity index (χ1n) is 9.43. The molecule has 0 aromatic heterocycles. The molecule has 0 saturated heterocycles. The maximum atomic E-state index is 11.8. The fourth-order valence-corrected chi connectivity index (χ4v) is 2.73. The van der Waals surface area contributed by atoms with Gasteiger partial charge in [-0.2, -0.15) is 0 Å². The summed E-state index contributed by atoms with van der Waals surface area (Å²) in [7, 11) is 1.63. The molecule has 2 rings (SSSR count). The van der Waals surface area contributed by atoms with Crippen molar-refractivity contribution in [2.24, 2.45) is 4.99 Å². The highest BCUT2D eigenvalue weighted by Crippen LogP contribution is 2.14. The van der Waals surface area contributed by atoms with Gasteiger partial charge < -0.3 is 16.0 Å². The van der Waals surface area contributed by atoms with E-state index in [1.807, 2.05) is 25.1 Å². The number of nitrogens with zero attached hydrogens (tertiary/aromatic N) is 1. The molecule has 0 aliphatic rings. The van der Waals surface area contributed by atoms with Gasteiger partial charge in [-0.15, -0.1) is 24.0 Å². The van der Waals surface area contributed by atoms with E-state index in [0.717, 1.165) is 24.6 Å². The molecule has 6 heteroatoms. The summed E-state index contributed by atoms with van der Waals surface area (Å²) in [5, 5.41) is 9.33. The normalized spacial score (nSPS) is 11.9. The first kappa shape index (κ1) is 23.9. The topological polar surface area (TPSA) is 65.5 Å². The first-order valence-corrected chi connectivity index (χ1v) is 9.43. The average Bonchev–Trinajstić information content (AvgIpc) is 2.70. The number of guanidine groups is 1. The van der Waals surface area contributed by atoms with Crippen molar-refractivity contribution >= 4 is 35.8 Å². The molecule has 0 spiro atoms. The fourth-order valence-electron chi connectivity index (χ4n) is 2.73. The second-order valence-corrected chi connectivity index (χ2v) is 6.67. The highest BCUT2D eigenvalue weighted by molar-refractivity contribution is 14.0. The molecule has 2 aromatic carbocycles. The maximum Gasteiger partial charge on any atom is 0.251 e. The van der Waals surface area contributed by atoms with Gasteiger partial charge in [-0.05, 0) is 43.0 Å². The Morgan fingerprint density at radius 1 is 1.11 bits per heavy atom. The molecular formula is C22H31IN4O. The van der Waals surface area contributed by atoms with E-state index in [9.17, 15) is 4.79 Å². The van der Waals surface area contributed by atoms with Crippen LogP contribution in [0.4, 0.5) is 0 Å². The van der Waals surface area contributed by atoms with Gasteiger partial charge >= 0.3 is 0 Å². The fraction of sp³-hybridized carbons (Fsp3) is 0.364. The maximum absolute atomic E-state index is 11.8. The number of carbonyl (C=O) groups excluding carboxylic acids is 1. The number of rotatable bonds is 7. The molecule has 5 nitrogen and oxygen atoms in total. The largest absolute Gasteiger partial charge is 0.357 e. The molecule has 0 aliphatic heterocycles. The smallest absolute Gasteiger partial charge is 0.251 e. The van der Waals surface area contributed by atoms with Gasteiger partial charge in [-0.25, -0.2) is 4.99 Å². The summed E-state index contributed by atoms with van der Waals surface area (Å²) >= 11 is 0. The van der Waals surface area contributed by atoms with E-state index < -0.39 is 0 Å². The van der Waals surface area contributed by atoms with Gasteiger partial charge in [0.05, 0.1) is 6.54 Å². The molecule has 152 valence electrons. The summed E-state index contributed by atoms with van der Waals surface area (Å²) in [4.78, 5) is 16.4. The van der Waals surface area contributed by atoms with Crippen LogP contribution in [0.25, 0.3) is 0 Å². The van der Waals surface area contributed by atoms with Crippen LogP contribution in [0, 0.1) is 6.92 Å². The van der Waals surface area contributed by atoms with Crippen molar-refractivity contribution in [1.29, 1.82) is 0 Å². The number of benzene rings is 2. The zero-order chi connectivity index (χ0) is 19.6. The molecule has 3 N–H and O–H groups in total. The quantitative estimate of drug-likeness (QED) is 0.312. The number of aryl methyl sites for hydroxylation is 1. The van der Waals surface area contributed by atoms with E-state index in [2.05, 4.69) is 59.1 Å². The van der Waals surface area contributed by atoms with Crippen molar-refractivity contribution in [3.05, 3.63) is 70.8 Å². The number of carbonyl (C=O) groups is 1. The number of aliphatic imine (C=N–C) groups is 1. The van der Waals surface area contributed by atoms with Gasteiger partial charge in [-0.1, -0.05) is 48.9 Å². The van der Waals surface area contributed by atoms with Gasteiger partial charge in [0.15, 0.2) is 5.96 Å². The van der Waals surface area contributed by atoms with Crippen molar-refractivity contribution in [2.45, 2.75) is 33.2 Å². The van der Waals surface area contributed by atoms with Crippen molar-refractivity contribution in [3.63, 3.8) is 0 Å². The van der Waals surface area contributed by atoms with Crippen molar-refractivity contribution in [2.75, 3.05) is 20.1 Å². The summed E-state index contributed by atoms with van der Waals surface area (Å²) in [6.45, 7) is 8.46. The summed E-state index contributed by atoms with van der Waals surface area (Å²) < 4.78 is 0. The number of nitrogens with one attached hydrogen (secondary N) is 3. The van der Waals surface area contributed by atoms with Gasteiger partial charge in [-0.3, -0.25) is 4.79 Å². The van der Waals surface area contributed by atoms with Crippen LogP contribution in [0.1, 0.15) is 46.8 Å². The Balaban J connectivity index is 0.00000392. The second-order valence-electron chi connectivity index (χ2n) is 6.67. The highest BCUT2D eigenvalue weighted by Gasteiger charge is 2.07. The number of hydrogen-bond acceptors (Lipinski definition) is 2. The molecule has 1 atom stereocenters. The molecule has 0 saturated carbocycles. The van der Waals surface area contributed by atoms with Crippen LogP contribution in [0.3, 0.4) is 0 Å². The summed E-state index contributed by atoms with van der Waals surface area (Å²) in [6.07, 6.45) is 0. The minimum Gasteiger partial charge on any atom is -0.357 e. The monoisotopic (exact) mass is 494 g/mol. The lowest BCUT2D eigenvalue weighted by Gasteiger charge is -2.16. The molecule has 1 unspecified atom stereocenters. The zero-order valence-electron chi connectivity index (χ0n) is 17.1. The van der Waals surface area contributed by atoms with Gasteiger partial charge in [0.25, 0.3) is 5.91 Å². The molecule has 28 heavy (non-hydrogen) atoms. The molecule has 0 bridgehead atoms. The third kappa shape index (κ3) is 7.50. The van der Waals surface area contributed by atoms with Gasteiger partial charge in [0.1, 0.15) is 0 Å². The van der Waals surface area contributed by atoms with E-state index in [-0.39, 0.29) is 29.9 Å². The highest BCUT2D eigenvalue weighted by atomic mass is 127. The van der Waals surface area contributed by atoms with Gasteiger partial charge in [0.2, 0.25) is 0 Å². The lowest BCUT2D eigenvalue weighted by molar-refractivity contribution is 0.0963. The molecular weight excluding hydrogens is 463 g/mol. The van der Waals surface area contributed by atoms with Crippen molar-refractivity contribution < 1.29 is 4.79 Å². The van der Waals surface area contributed by atoms with Crippen molar-refractivity contribution in [3.8, 4) is 0 Å². The van der Waals surface area contributed by atoms with Crippen molar-refractivity contribution in [1.82, 2.24) is 16.0 Å². The molecule has 0 heterocycles. The van der Waals surface area contributed by atoms with Crippen LogP contribution in [-0.2, 0) is 6.54 Å². The number of halogens is 1. The van der Waals surface area contributed by atoms with Gasteiger partial charge in [0, 0.05) is 25.7 Å². The molecule has 0 aliphatic carbocycles. The summed E-state index contributed by atoms with van der Waals surface area (Å²) in [6, 6.07) is 16.2. The Morgan fingerprint density at radius 3 is 2.46 bits per heavy atom. The lowest BCUT2D eigenvalue weighted by Crippen LogP contribution is -2.39. The van der Waals surface area contributed by atoms with E-state index in [0.29, 0.717) is 18.0 Å². The van der Waals surface area contributed by atoms with E-state index >= 15 is 0 Å². The Labute approximate surface area is 185 Å². The molecule has 2 aromatic rings. The Morgan fingerprint density at radius 2 is 1.82 bits per heavy atom. The first-order chi connectivity index (χ1) is 13.0. The predicted molar refractivity (Wildman–Crippen MR) is 128 cm³/mol. The van der Waals surface area contributed by atoms with Crippen LogP contribution in [-0.4, -0.2) is 32.0 Å². The van der Waals surface area contributed by atoms with Crippen LogP contribution in [0.5, 0.6) is 0 Å². The molecule has 1 amide bonds. The van der Waals surface area contributed by atoms with E-state index in [1.54, 1.807) is 13.1 Å². The summed E-state index contributed by atoms with van der Waals surface area (Å²) in [5.41, 5.74) is 4.23. The Hall–Kier alpha value is -2.09. The predicted octanol–water partition coefficient (Wildman–Crippen LogP) is 3.83. The Kier molecular flexibility index (Phi) is 10.6. The number of amides is 1. The molecule has 0 fully saturated rings. The van der Waals surface area contributed by atoms with E-state index in [4.69, 9.17) is 0 Å². The number of hydrogen-bond donors (Lipinski definition) is 3. The SMILES string of the molecule is CCNC(=NCc1cccc(C(=O)NC)c1)NCC(C)c1ccc(C)cc1.I. The van der Waals surface area contributed by atoms with Crippen LogP contribution >= 0.6 is 24.0 Å². The summed E-state index contributed by atoms with van der Waals surface area (Å²) in [5.74, 6) is 1.07. The molecule has 0 radical (unpaired) electrons. The Bertz CT molecular complexity index is 774. The minimum atomic E-state index is -0.0854. The van der Waals surface area contributed by atoms with Crippen LogP contribution < -0.4 is 16.0 Å². The minimum absolute atomic E-state index is 0. The average molecular weight is 494 g/mol. The standard InChI is InChI=1S/C22H30N4O.HI/c1-5-24-22(25-14-17(3)19-11-9-16(2)10-12-19)26-15-18-7-6-8-20(13-18)21(27)23-4;/h6-13,17H,5,14-15H2,1-4H3,(H,23,27)(H2,24,25,26);1H. The lowest BCUT2D eigenvalue weighted by atomic mass is 10.0. The zero-order valence-corrected chi connectivity index (χ0v) is 19.4. The third-order valence-corrected chi connectivity index (χ3v) is 4.40. The second kappa shape index (κ2) is 12.4. The van der Waals surface area contributed by atoms with Crippen LogP contribution in [0.15, 0.2) is 53.5 Å².